The highest BCUT2D eigenvalue weighted by molar-refractivity contribution is 9.10. The molecule has 20 heavy (non-hydrogen) atoms. The van der Waals surface area contributed by atoms with Crippen LogP contribution >= 0.6 is 15.9 Å². The summed E-state index contributed by atoms with van der Waals surface area (Å²) in [7, 11) is -1.02. The van der Waals surface area contributed by atoms with Crippen molar-refractivity contribution in [2.24, 2.45) is 11.8 Å². The van der Waals surface area contributed by atoms with Crippen molar-refractivity contribution in [3.05, 3.63) is 34.3 Å². The molecule has 0 aromatic heterocycles. The van der Waals surface area contributed by atoms with Crippen LogP contribution in [0.4, 0.5) is 0 Å². The monoisotopic (exact) mass is 355 g/mol. The van der Waals surface area contributed by atoms with Gasteiger partial charge in [0.1, 0.15) is 0 Å². The minimum absolute atomic E-state index is 0.728. The van der Waals surface area contributed by atoms with Gasteiger partial charge >= 0.3 is 0 Å². The topological polar surface area (TPSA) is 12.0 Å². The molecule has 1 unspecified atom stereocenters. The Morgan fingerprint density at radius 1 is 1.10 bits per heavy atom. The van der Waals surface area contributed by atoms with Gasteiger partial charge in [-0.3, -0.25) is 0 Å². The third-order valence-corrected chi connectivity index (χ3v) is 5.93. The van der Waals surface area contributed by atoms with E-state index in [1.54, 1.807) is 0 Å². The highest BCUT2D eigenvalue weighted by Gasteiger charge is 2.21. The molecular weight excluding hydrogens is 326 g/mol. The van der Waals surface area contributed by atoms with Gasteiger partial charge in [0.25, 0.3) is 0 Å². The Morgan fingerprint density at radius 3 is 2.30 bits per heavy atom. The highest BCUT2D eigenvalue weighted by Crippen LogP contribution is 2.24. The number of hydrogen-bond donors (Lipinski definition) is 1. The zero-order valence-electron chi connectivity index (χ0n) is 13.7. The van der Waals surface area contributed by atoms with Crippen LogP contribution in [0.2, 0.25) is 25.7 Å². The van der Waals surface area contributed by atoms with Gasteiger partial charge in [-0.05, 0) is 43.0 Å². The summed E-state index contributed by atoms with van der Waals surface area (Å²) < 4.78 is 1.25. The molecule has 0 bridgehead atoms. The van der Waals surface area contributed by atoms with E-state index in [2.05, 4.69) is 79.0 Å². The first-order valence-electron chi connectivity index (χ1n) is 7.72. The van der Waals surface area contributed by atoms with E-state index in [-0.39, 0.29) is 0 Å². The SMILES string of the molecule is CC(C)CNCC(Cc1ccccc1Br)C[Si](C)(C)C. The Bertz CT molecular complexity index is 398. The van der Waals surface area contributed by atoms with Crippen molar-refractivity contribution in [1.82, 2.24) is 5.32 Å². The van der Waals surface area contributed by atoms with Crippen LogP contribution in [0.15, 0.2) is 28.7 Å². The molecule has 1 aromatic carbocycles. The highest BCUT2D eigenvalue weighted by atomic mass is 79.9. The average Bonchev–Trinajstić information content (AvgIpc) is 2.29. The van der Waals surface area contributed by atoms with Crippen molar-refractivity contribution in [2.75, 3.05) is 13.1 Å². The van der Waals surface area contributed by atoms with E-state index in [4.69, 9.17) is 0 Å². The molecule has 1 N–H and O–H groups in total. The van der Waals surface area contributed by atoms with E-state index < -0.39 is 8.07 Å². The van der Waals surface area contributed by atoms with Gasteiger partial charge in [-0.15, -0.1) is 0 Å². The zero-order valence-corrected chi connectivity index (χ0v) is 16.3. The molecule has 0 radical (unpaired) electrons. The van der Waals surface area contributed by atoms with Gasteiger partial charge in [0.15, 0.2) is 0 Å². The molecular formula is C17H30BrNSi. The maximum atomic E-state index is 3.69. The Morgan fingerprint density at radius 2 is 1.75 bits per heavy atom. The molecule has 0 aliphatic rings. The van der Waals surface area contributed by atoms with Crippen molar-refractivity contribution < 1.29 is 0 Å². The number of nitrogens with one attached hydrogen (secondary N) is 1. The zero-order chi connectivity index (χ0) is 15.2. The van der Waals surface area contributed by atoms with Crippen molar-refractivity contribution in [1.29, 1.82) is 0 Å². The predicted octanol–water partition coefficient (Wildman–Crippen LogP) is 5.19. The second-order valence-electron chi connectivity index (χ2n) is 7.48. The van der Waals surface area contributed by atoms with Gasteiger partial charge < -0.3 is 5.32 Å². The summed E-state index contributed by atoms with van der Waals surface area (Å²) in [4.78, 5) is 0. The van der Waals surface area contributed by atoms with Crippen molar-refractivity contribution in [3.8, 4) is 0 Å². The molecule has 1 atom stereocenters. The van der Waals surface area contributed by atoms with E-state index >= 15 is 0 Å². The van der Waals surface area contributed by atoms with Crippen LogP contribution < -0.4 is 5.32 Å². The first-order chi connectivity index (χ1) is 9.28. The van der Waals surface area contributed by atoms with Crippen molar-refractivity contribution >= 4 is 24.0 Å². The molecule has 3 heteroatoms. The van der Waals surface area contributed by atoms with Crippen molar-refractivity contribution in [2.45, 2.75) is 46.0 Å². The summed E-state index contributed by atoms with van der Waals surface area (Å²) in [6.45, 7) is 14.2. The van der Waals surface area contributed by atoms with Crippen LogP contribution in [0.5, 0.6) is 0 Å². The van der Waals surface area contributed by atoms with Crippen LogP contribution in [0.3, 0.4) is 0 Å². The fraction of sp³-hybridized carbons (Fsp3) is 0.647. The Hall–Kier alpha value is -0.123. The van der Waals surface area contributed by atoms with Crippen LogP contribution in [-0.2, 0) is 6.42 Å². The smallest absolute Gasteiger partial charge is 0.0446 e. The fourth-order valence-corrected chi connectivity index (χ4v) is 5.10. The molecule has 1 aromatic rings. The van der Waals surface area contributed by atoms with Gasteiger partial charge in [0.2, 0.25) is 0 Å². The molecule has 114 valence electrons. The summed E-state index contributed by atoms with van der Waals surface area (Å²) in [5.74, 6) is 1.48. The van der Waals surface area contributed by atoms with Crippen LogP contribution in [0.25, 0.3) is 0 Å². The molecule has 0 amide bonds. The molecule has 1 nitrogen and oxygen atoms in total. The van der Waals surface area contributed by atoms with Gasteiger partial charge in [0, 0.05) is 12.5 Å². The quantitative estimate of drug-likeness (QED) is 0.632. The van der Waals surface area contributed by atoms with Gasteiger partial charge in [0.05, 0.1) is 0 Å². The summed E-state index contributed by atoms with van der Waals surface area (Å²) >= 11 is 3.69. The Kier molecular flexibility index (Phi) is 7.49. The third kappa shape index (κ3) is 7.60. The molecule has 0 aliphatic carbocycles. The summed E-state index contributed by atoms with van der Waals surface area (Å²) in [5, 5.41) is 3.65. The normalized spacial score (nSPS) is 13.8. The van der Waals surface area contributed by atoms with E-state index in [0.29, 0.717) is 0 Å². The lowest BCUT2D eigenvalue weighted by Crippen LogP contribution is -2.33. The third-order valence-electron chi connectivity index (χ3n) is 3.35. The molecule has 0 saturated heterocycles. The minimum atomic E-state index is -1.02. The Balaban J connectivity index is 2.64. The lowest BCUT2D eigenvalue weighted by Gasteiger charge is -2.26. The van der Waals surface area contributed by atoms with Gasteiger partial charge in [-0.25, -0.2) is 0 Å². The number of halogens is 1. The molecule has 0 saturated carbocycles. The average molecular weight is 356 g/mol. The summed E-state index contributed by atoms with van der Waals surface area (Å²) in [6, 6.07) is 10.0. The standard InChI is InChI=1S/C17H30BrNSi/c1-14(2)11-19-12-15(13-20(3,4)5)10-16-8-6-7-9-17(16)18/h6-9,14-15,19H,10-13H2,1-5H3. The number of hydrogen-bond acceptors (Lipinski definition) is 1. The predicted molar refractivity (Wildman–Crippen MR) is 97.2 cm³/mol. The molecule has 0 spiro atoms. The van der Waals surface area contributed by atoms with Crippen LogP contribution in [-0.4, -0.2) is 21.2 Å². The van der Waals surface area contributed by atoms with Gasteiger partial charge in [-0.2, -0.15) is 0 Å². The lowest BCUT2D eigenvalue weighted by atomic mass is 10.0. The van der Waals surface area contributed by atoms with E-state index in [9.17, 15) is 0 Å². The second kappa shape index (κ2) is 8.35. The van der Waals surface area contributed by atoms with Crippen LogP contribution in [0.1, 0.15) is 19.4 Å². The van der Waals surface area contributed by atoms with E-state index in [1.807, 2.05) is 0 Å². The van der Waals surface area contributed by atoms with Crippen molar-refractivity contribution in [3.63, 3.8) is 0 Å². The molecule has 0 fully saturated rings. The largest absolute Gasteiger partial charge is 0.316 e. The summed E-state index contributed by atoms with van der Waals surface area (Å²) in [5.41, 5.74) is 1.45. The molecule has 0 heterocycles. The summed E-state index contributed by atoms with van der Waals surface area (Å²) in [6.07, 6.45) is 1.18. The molecule has 1 rings (SSSR count). The first kappa shape index (κ1) is 17.9. The maximum absolute atomic E-state index is 3.69. The number of benzene rings is 1. The maximum Gasteiger partial charge on any atom is 0.0446 e. The minimum Gasteiger partial charge on any atom is -0.316 e. The lowest BCUT2D eigenvalue weighted by molar-refractivity contribution is 0.470. The second-order valence-corrected chi connectivity index (χ2v) is 13.9. The van der Waals surface area contributed by atoms with E-state index in [0.717, 1.165) is 24.9 Å². The van der Waals surface area contributed by atoms with Gasteiger partial charge in [-0.1, -0.05) is 73.7 Å². The Labute approximate surface area is 134 Å². The first-order valence-corrected chi connectivity index (χ1v) is 12.2. The van der Waals surface area contributed by atoms with E-state index in [1.165, 1.54) is 22.5 Å². The number of rotatable bonds is 8. The molecule has 0 aliphatic heterocycles. The van der Waals surface area contributed by atoms with Crippen LogP contribution in [0, 0.1) is 11.8 Å². The fourth-order valence-electron chi connectivity index (χ4n) is 2.63.